The molecule has 0 saturated carbocycles. The smallest absolute Gasteiger partial charge is 0.279 e. The van der Waals surface area contributed by atoms with E-state index >= 15 is 0 Å². The molecule has 0 N–H and O–H groups in total. The molecule has 1 aliphatic rings. The van der Waals surface area contributed by atoms with Crippen LogP contribution in [0.2, 0.25) is 0 Å². The highest BCUT2D eigenvalue weighted by molar-refractivity contribution is 7.16. The van der Waals surface area contributed by atoms with Crippen LogP contribution < -0.4 is 19.0 Å². The molecule has 26 heavy (non-hydrogen) atoms. The maximum Gasteiger partial charge on any atom is 0.279 e. The number of thiazole rings is 1. The lowest BCUT2D eigenvalue weighted by molar-refractivity contribution is 0.0997. The van der Waals surface area contributed by atoms with Crippen LogP contribution in [0.25, 0.3) is 10.2 Å². The molecule has 2 aromatic carbocycles. The number of benzene rings is 2. The normalized spacial score (nSPS) is 13.4. The number of hydrogen-bond donors (Lipinski definition) is 0. The molecule has 0 fully saturated rings. The predicted octanol–water partition coefficient (Wildman–Crippen LogP) is 3.51. The van der Waals surface area contributed by atoms with Gasteiger partial charge in [0.15, 0.2) is 16.3 Å². The molecule has 4 rings (SSSR count). The maximum absolute atomic E-state index is 12.7. The number of aryl methyl sites for hydroxylation is 2. The Balaban J connectivity index is 1.85. The molecule has 0 unspecified atom stereocenters. The van der Waals surface area contributed by atoms with E-state index in [-0.39, 0.29) is 12.7 Å². The van der Waals surface area contributed by atoms with Gasteiger partial charge in [0.1, 0.15) is 11.3 Å². The summed E-state index contributed by atoms with van der Waals surface area (Å²) in [5.41, 5.74) is 2.57. The minimum Gasteiger partial charge on any atom is -0.495 e. The zero-order valence-corrected chi connectivity index (χ0v) is 15.6. The molecule has 3 aromatic rings. The predicted molar refractivity (Wildman–Crippen MR) is 99.2 cm³/mol. The van der Waals surface area contributed by atoms with Gasteiger partial charge in [0, 0.05) is 12.1 Å². The van der Waals surface area contributed by atoms with Crippen molar-refractivity contribution >= 4 is 27.5 Å². The van der Waals surface area contributed by atoms with Crippen molar-refractivity contribution in [3.8, 4) is 17.2 Å². The van der Waals surface area contributed by atoms with Crippen LogP contribution in [0.1, 0.15) is 22.8 Å². The molecule has 1 aliphatic heterocycles. The molecule has 1 amide bonds. The highest BCUT2D eigenvalue weighted by Gasteiger charge is 2.17. The van der Waals surface area contributed by atoms with Gasteiger partial charge in [-0.25, -0.2) is 0 Å². The standard InChI is InChI=1S/C19H18N2O4S/c1-4-21-16-14(23-3)7-5-11(2)17(16)26-19(21)20-18(22)12-6-8-13-15(9-12)25-10-24-13/h5-9H,4,10H2,1-3H3. The Morgan fingerprint density at radius 2 is 2.08 bits per heavy atom. The zero-order chi connectivity index (χ0) is 18.3. The average Bonchev–Trinajstić information content (AvgIpc) is 3.26. The van der Waals surface area contributed by atoms with Crippen molar-refractivity contribution in [3.63, 3.8) is 0 Å². The Morgan fingerprint density at radius 3 is 2.85 bits per heavy atom. The fourth-order valence-corrected chi connectivity index (χ4v) is 4.18. The Bertz CT molecular complexity index is 1080. The first-order valence-electron chi connectivity index (χ1n) is 8.28. The number of fused-ring (bicyclic) bond motifs is 2. The number of rotatable bonds is 3. The van der Waals surface area contributed by atoms with Crippen LogP contribution in [0.5, 0.6) is 17.2 Å². The van der Waals surface area contributed by atoms with E-state index in [0.717, 1.165) is 21.5 Å². The molecule has 6 nitrogen and oxygen atoms in total. The highest BCUT2D eigenvalue weighted by atomic mass is 32.1. The molecular formula is C19H18N2O4S. The van der Waals surface area contributed by atoms with Gasteiger partial charge in [-0.3, -0.25) is 4.79 Å². The molecule has 2 heterocycles. The maximum atomic E-state index is 12.7. The van der Waals surface area contributed by atoms with Crippen molar-refractivity contribution in [1.29, 1.82) is 0 Å². The van der Waals surface area contributed by atoms with Crippen molar-refractivity contribution in [2.75, 3.05) is 13.9 Å². The van der Waals surface area contributed by atoms with Gasteiger partial charge in [-0.2, -0.15) is 4.99 Å². The number of carbonyl (C=O) groups is 1. The third-order valence-electron chi connectivity index (χ3n) is 4.34. The molecule has 7 heteroatoms. The molecule has 0 saturated heterocycles. The van der Waals surface area contributed by atoms with Crippen LogP contribution in [-0.2, 0) is 6.54 Å². The third kappa shape index (κ3) is 2.64. The van der Waals surface area contributed by atoms with Gasteiger partial charge in [-0.05, 0) is 43.7 Å². The molecule has 0 spiro atoms. The number of aromatic nitrogens is 1. The van der Waals surface area contributed by atoms with E-state index < -0.39 is 0 Å². The van der Waals surface area contributed by atoms with E-state index in [1.54, 1.807) is 25.3 Å². The molecule has 0 aliphatic carbocycles. The zero-order valence-electron chi connectivity index (χ0n) is 14.7. The lowest BCUT2D eigenvalue weighted by Gasteiger charge is -2.07. The molecule has 1 aromatic heterocycles. The summed E-state index contributed by atoms with van der Waals surface area (Å²) in [6.45, 7) is 4.93. The minimum absolute atomic E-state index is 0.176. The lowest BCUT2D eigenvalue weighted by Crippen LogP contribution is -2.16. The number of ether oxygens (including phenoxy) is 3. The van der Waals surface area contributed by atoms with E-state index in [4.69, 9.17) is 14.2 Å². The van der Waals surface area contributed by atoms with E-state index in [2.05, 4.69) is 4.99 Å². The van der Waals surface area contributed by atoms with E-state index in [0.29, 0.717) is 28.4 Å². The summed E-state index contributed by atoms with van der Waals surface area (Å²) < 4.78 is 19.2. The second kappa shape index (κ2) is 6.49. The van der Waals surface area contributed by atoms with E-state index in [1.807, 2.05) is 30.5 Å². The number of methoxy groups -OCH3 is 1. The van der Waals surface area contributed by atoms with Gasteiger partial charge in [-0.15, -0.1) is 0 Å². The van der Waals surface area contributed by atoms with Gasteiger partial charge >= 0.3 is 0 Å². The molecule has 134 valence electrons. The minimum atomic E-state index is -0.311. The monoisotopic (exact) mass is 370 g/mol. The summed E-state index contributed by atoms with van der Waals surface area (Å²) in [5, 5.41) is 0. The van der Waals surface area contributed by atoms with Crippen molar-refractivity contribution in [1.82, 2.24) is 4.57 Å². The third-order valence-corrected chi connectivity index (χ3v) is 5.55. The van der Waals surface area contributed by atoms with Gasteiger partial charge in [0.2, 0.25) is 6.79 Å². The van der Waals surface area contributed by atoms with Crippen LogP contribution in [-0.4, -0.2) is 24.4 Å². The first-order valence-corrected chi connectivity index (χ1v) is 9.09. The fraction of sp³-hybridized carbons (Fsp3) is 0.263. The number of hydrogen-bond acceptors (Lipinski definition) is 5. The van der Waals surface area contributed by atoms with E-state index in [9.17, 15) is 4.79 Å². The van der Waals surface area contributed by atoms with Gasteiger partial charge in [0.05, 0.1) is 11.8 Å². The largest absolute Gasteiger partial charge is 0.495 e. The summed E-state index contributed by atoms with van der Waals surface area (Å²) in [6, 6.07) is 9.07. The fourth-order valence-electron chi connectivity index (χ4n) is 3.00. The lowest BCUT2D eigenvalue weighted by atomic mass is 10.2. The van der Waals surface area contributed by atoms with Gasteiger partial charge in [0.25, 0.3) is 5.91 Å². The topological polar surface area (TPSA) is 62.1 Å². The molecular weight excluding hydrogens is 352 g/mol. The molecule has 0 radical (unpaired) electrons. The molecule has 0 bridgehead atoms. The first-order chi connectivity index (χ1) is 12.6. The van der Waals surface area contributed by atoms with Gasteiger partial charge in [-0.1, -0.05) is 17.4 Å². The van der Waals surface area contributed by atoms with Crippen molar-refractivity contribution in [2.45, 2.75) is 20.4 Å². The van der Waals surface area contributed by atoms with Crippen molar-refractivity contribution < 1.29 is 19.0 Å². The average molecular weight is 370 g/mol. The SMILES string of the molecule is CCn1c(=NC(=O)c2ccc3c(c2)OCO3)sc2c(C)ccc(OC)c21. The van der Waals surface area contributed by atoms with Crippen LogP contribution in [0.3, 0.4) is 0 Å². The Kier molecular flexibility index (Phi) is 4.16. The van der Waals surface area contributed by atoms with Crippen molar-refractivity contribution in [3.05, 3.63) is 46.3 Å². The number of carbonyl (C=O) groups excluding carboxylic acids is 1. The first kappa shape index (κ1) is 16.7. The Morgan fingerprint density at radius 1 is 1.27 bits per heavy atom. The van der Waals surface area contributed by atoms with Crippen LogP contribution >= 0.6 is 11.3 Å². The number of nitrogens with zero attached hydrogens (tertiary/aromatic N) is 2. The second-order valence-electron chi connectivity index (χ2n) is 5.88. The summed E-state index contributed by atoms with van der Waals surface area (Å²) in [7, 11) is 1.65. The van der Waals surface area contributed by atoms with Crippen molar-refractivity contribution in [2.24, 2.45) is 4.99 Å². The summed E-state index contributed by atoms with van der Waals surface area (Å²) in [6.07, 6.45) is 0. The quantitative estimate of drug-likeness (QED) is 0.708. The van der Waals surface area contributed by atoms with E-state index in [1.165, 1.54) is 11.3 Å². The van der Waals surface area contributed by atoms with Crippen LogP contribution in [0.15, 0.2) is 35.3 Å². The second-order valence-corrected chi connectivity index (χ2v) is 6.85. The summed E-state index contributed by atoms with van der Waals surface area (Å²) >= 11 is 1.49. The Hall–Kier alpha value is -2.80. The Labute approximate surface area is 154 Å². The summed E-state index contributed by atoms with van der Waals surface area (Å²) in [5.74, 6) is 1.69. The van der Waals surface area contributed by atoms with Crippen LogP contribution in [0.4, 0.5) is 0 Å². The number of amides is 1. The highest BCUT2D eigenvalue weighted by Crippen LogP contribution is 2.33. The summed E-state index contributed by atoms with van der Waals surface area (Å²) in [4.78, 5) is 17.7. The molecule has 0 atom stereocenters. The van der Waals surface area contributed by atoms with Gasteiger partial charge < -0.3 is 18.8 Å². The van der Waals surface area contributed by atoms with Crippen LogP contribution in [0, 0.1) is 6.92 Å².